The van der Waals surface area contributed by atoms with E-state index in [9.17, 15) is 0 Å². The molecule has 90 valence electrons. The molecule has 2 nitrogen and oxygen atoms in total. The van der Waals surface area contributed by atoms with E-state index < -0.39 is 0 Å². The van der Waals surface area contributed by atoms with Crippen molar-refractivity contribution in [3.8, 4) is 0 Å². The van der Waals surface area contributed by atoms with Crippen LogP contribution in [0, 0.1) is 20.8 Å². The van der Waals surface area contributed by atoms with Crippen molar-refractivity contribution in [1.29, 1.82) is 0 Å². The van der Waals surface area contributed by atoms with Gasteiger partial charge in [0.15, 0.2) is 0 Å². The molecule has 2 N–H and O–H groups in total. The molecule has 0 amide bonds. The molecule has 0 aliphatic carbocycles. The Kier molecular flexibility index (Phi) is 3.16. The third kappa shape index (κ3) is 2.47. The number of nitrogens with two attached hydrogens (primary N) is 1. The molecule has 0 fully saturated rings. The van der Waals surface area contributed by atoms with Crippen LogP contribution in [-0.4, -0.2) is 11.0 Å². The van der Waals surface area contributed by atoms with Crippen LogP contribution in [0.3, 0.4) is 0 Å². The molecule has 1 aromatic heterocycles. The average Bonchev–Trinajstić information content (AvgIpc) is 2.19. The van der Waals surface area contributed by atoms with Gasteiger partial charge in [-0.05, 0) is 51.0 Å². The van der Waals surface area contributed by atoms with Crippen LogP contribution in [0.2, 0.25) is 0 Å². The van der Waals surface area contributed by atoms with Gasteiger partial charge in [0, 0.05) is 23.5 Å². The molecule has 0 spiro atoms. The summed E-state index contributed by atoms with van der Waals surface area (Å²) < 4.78 is 0. The van der Waals surface area contributed by atoms with Crippen molar-refractivity contribution in [3.63, 3.8) is 0 Å². The van der Waals surface area contributed by atoms with E-state index in [4.69, 9.17) is 10.7 Å². The summed E-state index contributed by atoms with van der Waals surface area (Å²) in [6.07, 6.45) is 0.837. The van der Waals surface area contributed by atoms with Gasteiger partial charge in [-0.15, -0.1) is 0 Å². The van der Waals surface area contributed by atoms with E-state index in [1.807, 2.05) is 6.92 Å². The molecule has 1 aromatic carbocycles. The zero-order valence-corrected chi connectivity index (χ0v) is 11.0. The number of nitrogens with zero attached hydrogens (tertiary/aromatic N) is 1. The minimum absolute atomic E-state index is 0.158. The van der Waals surface area contributed by atoms with E-state index in [0.29, 0.717) is 0 Å². The zero-order chi connectivity index (χ0) is 12.6. The first-order valence-corrected chi connectivity index (χ1v) is 6.10. The Balaban J connectivity index is 2.64. The molecule has 2 heteroatoms. The van der Waals surface area contributed by atoms with E-state index in [1.54, 1.807) is 0 Å². The molecule has 1 atom stereocenters. The predicted molar refractivity (Wildman–Crippen MR) is 73.3 cm³/mol. The van der Waals surface area contributed by atoms with Crippen molar-refractivity contribution < 1.29 is 0 Å². The van der Waals surface area contributed by atoms with Gasteiger partial charge in [-0.2, -0.15) is 0 Å². The van der Waals surface area contributed by atoms with Crippen molar-refractivity contribution in [1.82, 2.24) is 4.98 Å². The molecule has 0 saturated heterocycles. The number of rotatable bonds is 2. The third-order valence-corrected chi connectivity index (χ3v) is 3.04. The molecular formula is C15H20N2. The molecule has 0 bridgehead atoms. The lowest BCUT2D eigenvalue weighted by Crippen LogP contribution is -2.18. The number of aryl methyl sites for hydroxylation is 3. The summed E-state index contributed by atoms with van der Waals surface area (Å²) in [5.74, 6) is 0. The van der Waals surface area contributed by atoms with Crippen LogP contribution in [0.5, 0.6) is 0 Å². The van der Waals surface area contributed by atoms with Gasteiger partial charge in [-0.25, -0.2) is 0 Å². The van der Waals surface area contributed by atoms with Gasteiger partial charge in [-0.3, -0.25) is 4.98 Å². The number of benzene rings is 1. The maximum Gasteiger partial charge on any atom is 0.0737 e. The molecule has 0 saturated carbocycles. The summed E-state index contributed by atoms with van der Waals surface area (Å²) in [4.78, 5) is 4.74. The first-order valence-electron chi connectivity index (χ1n) is 6.10. The number of hydrogen-bond donors (Lipinski definition) is 1. The quantitative estimate of drug-likeness (QED) is 0.858. The second kappa shape index (κ2) is 4.46. The highest BCUT2D eigenvalue weighted by atomic mass is 14.7. The van der Waals surface area contributed by atoms with Crippen LogP contribution >= 0.6 is 0 Å². The Morgan fingerprint density at radius 2 is 1.82 bits per heavy atom. The molecule has 0 radical (unpaired) electrons. The normalized spacial score (nSPS) is 13.0. The second-order valence-electron chi connectivity index (χ2n) is 5.09. The summed E-state index contributed by atoms with van der Waals surface area (Å²) in [5, 5.41) is 1.26. The highest BCUT2D eigenvalue weighted by Gasteiger charge is 2.07. The fourth-order valence-corrected chi connectivity index (χ4v) is 2.35. The van der Waals surface area contributed by atoms with Gasteiger partial charge in [0.2, 0.25) is 0 Å². The molecule has 1 unspecified atom stereocenters. The highest BCUT2D eigenvalue weighted by Crippen LogP contribution is 2.23. The van der Waals surface area contributed by atoms with Crippen LogP contribution in [0.1, 0.15) is 29.3 Å². The first kappa shape index (κ1) is 12.1. The van der Waals surface area contributed by atoms with Crippen molar-refractivity contribution in [3.05, 3.63) is 40.6 Å². The summed E-state index contributed by atoms with van der Waals surface area (Å²) >= 11 is 0. The Labute approximate surface area is 103 Å². The first-order chi connectivity index (χ1) is 7.97. The van der Waals surface area contributed by atoms with Gasteiger partial charge in [0.05, 0.1) is 5.52 Å². The van der Waals surface area contributed by atoms with E-state index >= 15 is 0 Å². The van der Waals surface area contributed by atoms with Crippen LogP contribution in [0.4, 0.5) is 0 Å². The van der Waals surface area contributed by atoms with Crippen molar-refractivity contribution >= 4 is 10.9 Å². The fourth-order valence-electron chi connectivity index (χ4n) is 2.35. The van der Waals surface area contributed by atoms with E-state index in [1.165, 1.54) is 22.1 Å². The molecule has 0 aliphatic rings. The van der Waals surface area contributed by atoms with E-state index in [0.717, 1.165) is 17.6 Å². The Morgan fingerprint density at radius 1 is 1.12 bits per heavy atom. The molecule has 0 aliphatic heterocycles. The zero-order valence-electron chi connectivity index (χ0n) is 11.0. The Hall–Kier alpha value is -1.41. The lowest BCUT2D eigenvalue weighted by Gasteiger charge is -2.11. The van der Waals surface area contributed by atoms with Gasteiger partial charge in [0.1, 0.15) is 0 Å². The fraction of sp³-hybridized carbons (Fsp3) is 0.400. The maximum atomic E-state index is 5.84. The Morgan fingerprint density at radius 3 is 2.47 bits per heavy atom. The van der Waals surface area contributed by atoms with Gasteiger partial charge < -0.3 is 5.73 Å². The monoisotopic (exact) mass is 228 g/mol. The largest absolute Gasteiger partial charge is 0.328 e. The molecule has 1 heterocycles. The van der Waals surface area contributed by atoms with E-state index in [-0.39, 0.29) is 6.04 Å². The Bertz CT molecular complexity index is 556. The summed E-state index contributed by atoms with van der Waals surface area (Å²) in [6, 6.07) is 6.71. The van der Waals surface area contributed by atoms with Gasteiger partial charge >= 0.3 is 0 Å². The van der Waals surface area contributed by atoms with Crippen LogP contribution in [-0.2, 0) is 6.42 Å². The van der Waals surface area contributed by atoms with Crippen molar-refractivity contribution in [2.45, 2.75) is 40.2 Å². The number of pyridine rings is 1. The standard InChI is InChI=1S/C15H20N2/c1-9-5-11(3)15-14(6-9)10(2)7-13(17-15)8-12(4)16/h5-7,12H,8,16H2,1-4H3. The number of aromatic nitrogens is 1. The highest BCUT2D eigenvalue weighted by molar-refractivity contribution is 5.85. The summed E-state index contributed by atoms with van der Waals surface area (Å²) in [6.45, 7) is 8.41. The average molecular weight is 228 g/mol. The lowest BCUT2D eigenvalue weighted by atomic mass is 10.0. The van der Waals surface area contributed by atoms with Gasteiger partial charge in [0.25, 0.3) is 0 Å². The topological polar surface area (TPSA) is 38.9 Å². The minimum Gasteiger partial charge on any atom is -0.328 e. The predicted octanol–water partition coefficient (Wildman–Crippen LogP) is 3.05. The smallest absolute Gasteiger partial charge is 0.0737 e. The van der Waals surface area contributed by atoms with E-state index in [2.05, 4.69) is 39.0 Å². The number of hydrogen-bond acceptors (Lipinski definition) is 2. The number of fused-ring (bicyclic) bond motifs is 1. The molecule has 2 rings (SSSR count). The molecule has 17 heavy (non-hydrogen) atoms. The summed E-state index contributed by atoms with van der Waals surface area (Å²) in [5.41, 5.74) is 11.9. The molecule has 2 aromatic rings. The SMILES string of the molecule is Cc1cc(C)c2nc(CC(C)N)cc(C)c2c1. The summed E-state index contributed by atoms with van der Waals surface area (Å²) in [7, 11) is 0. The second-order valence-corrected chi connectivity index (χ2v) is 5.09. The maximum absolute atomic E-state index is 5.84. The molecular weight excluding hydrogens is 208 g/mol. The van der Waals surface area contributed by atoms with Crippen LogP contribution in [0.25, 0.3) is 10.9 Å². The third-order valence-electron chi connectivity index (χ3n) is 3.04. The van der Waals surface area contributed by atoms with Crippen LogP contribution in [0.15, 0.2) is 18.2 Å². The van der Waals surface area contributed by atoms with Gasteiger partial charge in [-0.1, -0.05) is 11.6 Å². The van der Waals surface area contributed by atoms with Crippen LogP contribution < -0.4 is 5.73 Å². The van der Waals surface area contributed by atoms with Crippen molar-refractivity contribution in [2.75, 3.05) is 0 Å². The lowest BCUT2D eigenvalue weighted by molar-refractivity contribution is 0.724. The van der Waals surface area contributed by atoms with Crippen molar-refractivity contribution in [2.24, 2.45) is 5.73 Å². The minimum atomic E-state index is 0.158.